The number of esters is 1. The standard InChI is InChI=1S/C24H22FN3O4S/c1-3-31-23(30)21-15(2)26-24-28(11-12-33-24)22(21)16-5-4-6-19(13-16)32-14-20(29)27-18-9-7-17(25)8-10-18/h4-13,22H,3,14H2,1-2H3,(H,27,29)/t22-/m0/s1. The number of nitrogens with one attached hydrogen (secondary N) is 1. The number of benzene rings is 2. The Hall–Kier alpha value is -3.59. The number of aliphatic imine (C=N–C) groups is 1. The fraction of sp³-hybridized carbons (Fsp3) is 0.208. The summed E-state index contributed by atoms with van der Waals surface area (Å²) in [4.78, 5) is 31.5. The Morgan fingerprint density at radius 2 is 2.00 bits per heavy atom. The fourth-order valence-corrected chi connectivity index (χ4v) is 4.34. The zero-order valence-corrected chi connectivity index (χ0v) is 18.9. The first-order chi connectivity index (χ1) is 16.0. The molecule has 0 saturated carbocycles. The molecule has 2 aromatic carbocycles. The number of hydrogen-bond acceptors (Lipinski definition) is 7. The lowest BCUT2D eigenvalue weighted by Gasteiger charge is -2.33. The lowest BCUT2D eigenvalue weighted by atomic mass is 9.94. The van der Waals surface area contributed by atoms with E-state index in [1.54, 1.807) is 32.0 Å². The van der Waals surface area contributed by atoms with Gasteiger partial charge in [0.25, 0.3) is 5.91 Å². The van der Waals surface area contributed by atoms with Crippen LogP contribution in [0.1, 0.15) is 25.5 Å². The molecule has 1 atom stereocenters. The summed E-state index contributed by atoms with van der Waals surface area (Å²) in [6, 6.07) is 12.3. The van der Waals surface area contributed by atoms with Gasteiger partial charge in [-0.2, -0.15) is 0 Å². The number of carbonyl (C=O) groups excluding carboxylic acids is 2. The third-order valence-corrected chi connectivity index (χ3v) is 5.76. The molecule has 9 heteroatoms. The molecule has 7 nitrogen and oxygen atoms in total. The van der Waals surface area contributed by atoms with Crippen molar-refractivity contribution in [3.63, 3.8) is 0 Å². The molecule has 2 aliphatic rings. The van der Waals surface area contributed by atoms with Gasteiger partial charge in [-0.15, -0.1) is 0 Å². The summed E-state index contributed by atoms with van der Waals surface area (Å²) < 4.78 is 24.0. The molecule has 2 aliphatic heterocycles. The number of amidine groups is 1. The molecule has 33 heavy (non-hydrogen) atoms. The summed E-state index contributed by atoms with van der Waals surface area (Å²) >= 11 is 1.48. The second-order valence-corrected chi connectivity index (χ2v) is 8.12. The number of carbonyl (C=O) groups is 2. The summed E-state index contributed by atoms with van der Waals surface area (Å²) in [5, 5.41) is 5.34. The van der Waals surface area contributed by atoms with Crippen LogP contribution in [0.25, 0.3) is 0 Å². The Morgan fingerprint density at radius 1 is 1.21 bits per heavy atom. The molecule has 4 rings (SSSR count). The Bertz CT molecular complexity index is 1160. The number of hydrogen-bond donors (Lipinski definition) is 1. The van der Waals surface area contributed by atoms with Crippen molar-refractivity contribution in [2.45, 2.75) is 19.9 Å². The highest BCUT2D eigenvalue weighted by molar-refractivity contribution is 8.16. The van der Waals surface area contributed by atoms with Crippen molar-refractivity contribution >= 4 is 34.5 Å². The molecule has 1 amide bonds. The topological polar surface area (TPSA) is 80.2 Å². The fourth-order valence-electron chi connectivity index (χ4n) is 3.55. The quantitative estimate of drug-likeness (QED) is 0.599. The Balaban J connectivity index is 1.52. The van der Waals surface area contributed by atoms with Gasteiger partial charge in [0.15, 0.2) is 11.8 Å². The van der Waals surface area contributed by atoms with Crippen LogP contribution in [0.15, 0.2) is 76.4 Å². The van der Waals surface area contributed by atoms with Crippen LogP contribution in [0, 0.1) is 5.82 Å². The molecule has 0 spiro atoms. The molecule has 2 aromatic rings. The van der Waals surface area contributed by atoms with Crippen molar-refractivity contribution in [3.8, 4) is 5.75 Å². The molecule has 0 bridgehead atoms. The number of anilines is 1. The molecule has 0 aromatic heterocycles. The Labute approximate surface area is 195 Å². The largest absolute Gasteiger partial charge is 0.484 e. The monoisotopic (exact) mass is 467 g/mol. The van der Waals surface area contributed by atoms with Gasteiger partial charge in [-0.1, -0.05) is 23.9 Å². The van der Waals surface area contributed by atoms with Gasteiger partial charge in [0.2, 0.25) is 0 Å². The molecule has 0 saturated heterocycles. The SMILES string of the molecule is CCOC(=O)C1=C(C)N=C2SC=CN2[C@H]1c1cccc(OCC(=O)Nc2ccc(F)cc2)c1. The van der Waals surface area contributed by atoms with Crippen LogP contribution in [0.4, 0.5) is 10.1 Å². The van der Waals surface area contributed by atoms with E-state index in [4.69, 9.17) is 9.47 Å². The van der Waals surface area contributed by atoms with Gasteiger partial charge < -0.3 is 19.7 Å². The zero-order chi connectivity index (χ0) is 23.4. The number of ether oxygens (including phenoxy) is 2. The van der Waals surface area contributed by atoms with Gasteiger partial charge in [-0.3, -0.25) is 4.79 Å². The zero-order valence-electron chi connectivity index (χ0n) is 18.1. The molecular formula is C24H22FN3O4S. The summed E-state index contributed by atoms with van der Waals surface area (Å²) in [5.74, 6) is -0.698. The van der Waals surface area contributed by atoms with Crippen molar-refractivity contribution < 1.29 is 23.5 Å². The van der Waals surface area contributed by atoms with Gasteiger partial charge in [-0.05, 0) is 61.2 Å². The van der Waals surface area contributed by atoms with Crippen molar-refractivity contribution in [1.29, 1.82) is 0 Å². The van der Waals surface area contributed by atoms with E-state index >= 15 is 0 Å². The Kier molecular flexibility index (Phi) is 6.79. The van der Waals surface area contributed by atoms with Gasteiger partial charge in [-0.25, -0.2) is 14.2 Å². The first kappa shape index (κ1) is 22.6. The maximum Gasteiger partial charge on any atom is 0.338 e. The molecule has 170 valence electrons. The normalized spacial score (nSPS) is 16.9. The number of rotatable bonds is 7. The number of halogens is 1. The number of allylic oxidation sites excluding steroid dienone is 1. The van der Waals surface area contributed by atoms with Crippen molar-refractivity contribution in [1.82, 2.24) is 4.90 Å². The van der Waals surface area contributed by atoms with Crippen molar-refractivity contribution in [3.05, 3.63) is 82.8 Å². The predicted molar refractivity (Wildman–Crippen MR) is 125 cm³/mol. The lowest BCUT2D eigenvalue weighted by Crippen LogP contribution is -2.34. The molecule has 2 heterocycles. The van der Waals surface area contributed by atoms with E-state index in [0.717, 1.165) is 10.7 Å². The third kappa shape index (κ3) is 5.09. The number of thioether (sulfide) groups is 1. The lowest BCUT2D eigenvalue weighted by molar-refractivity contribution is -0.139. The maximum absolute atomic E-state index is 13.0. The number of nitrogens with zero attached hydrogens (tertiary/aromatic N) is 2. The molecular weight excluding hydrogens is 445 g/mol. The molecule has 1 N–H and O–H groups in total. The number of fused-ring (bicyclic) bond motifs is 1. The minimum Gasteiger partial charge on any atom is -0.484 e. The van der Waals surface area contributed by atoms with Gasteiger partial charge >= 0.3 is 5.97 Å². The molecule has 0 fully saturated rings. The van der Waals surface area contributed by atoms with Crippen LogP contribution < -0.4 is 10.1 Å². The van der Waals surface area contributed by atoms with E-state index in [1.165, 1.54) is 36.0 Å². The summed E-state index contributed by atoms with van der Waals surface area (Å²) in [5.41, 5.74) is 2.34. The molecule has 0 unspecified atom stereocenters. The summed E-state index contributed by atoms with van der Waals surface area (Å²) in [7, 11) is 0. The maximum atomic E-state index is 13.0. The van der Waals surface area contributed by atoms with E-state index in [2.05, 4.69) is 10.3 Å². The highest BCUT2D eigenvalue weighted by Gasteiger charge is 2.37. The van der Waals surface area contributed by atoms with Gasteiger partial charge in [0.05, 0.1) is 23.9 Å². The smallest absolute Gasteiger partial charge is 0.338 e. The molecule has 0 aliphatic carbocycles. The Morgan fingerprint density at radius 3 is 2.76 bits per heavy atom. The van der Waals surface area contributed by atoms with Crippen LogP contribution in [-0.4, -0.2) is 35.2 Å². The third-order valence-electron chi connectivity index (χ3n) is 4.99. The van der Waals surface area contributed by atoms with E-state index < -0.39 is 12.0 Å². The van der Waals surface area contributed by atoms with Crippen LogP contribution in [0.3, 0.4) is 0 Å². The van der Waals surface area contributed by atoms with Crippen molar-refractivity contribution in [2.75, 3.05) is 18.5 Å². The second-order valence-electron chi connectivity index (χ2n) is 7.24. The van der Waals surface area contributed by atoms with Gasteiger partial charge in [0.1, 0.15) is 11.6 Å². The van der Waals surface area contributed by atoms with Gasteiger partial charge in [0, 0.05) is 11.9 Å². The number of amides is 1. The van der Waals surface area contributed by atoms with Crippen molar-refractivity contribution in [2.24, 2.45) is 4.99 Å². The van der Waals surface area contributed by atoms with E-state index in [9.17, 15) is 14.0 Å². The van der Waals surface area contributed by atoms with Crippen LogP contribution in [-0.2, 0) is 14.3 Å². The minimum absolute atomic E-state index is 0.225. The minimum atomic E-state index is -0.431. The highest BCUT2D eigenvalue weighted by atomic mass is 32.2. The average molecular weight is 468 g/mol. The summed E-state index contributed by atoms with van der Waals surface area (Å²) in [6.07, 6.45) is 1.88. The van der Waals surface area contributed by atoms with E-state index in [-0.39, 0.29) is 24.9 Å². The average Bonchev–Trinajstić information content (AvgIpc) is 3.26. The molecule has 0 radical (unpaired) electrons. The predicted octanol–water partition coefficient (Wildman–Crippen LogP) is 4.61. The highest BCUT2D eigenvalue weighted by Crippen LogP contribution is 2.41. The van der Waals surface area contributed by atoms with E-state index in [1.807, 2.05) is 22.6 Å². The first-order valence-electron chi connectivity index (χ1n) is 10.3. The van der Waals surface area contributed by atoms with Crippen LogP contribution in [0.2, 0.25) is 0 Å². The second kappa shape index (κ2) is 9.91. The van der Waals surface area contributed by atoms with E-state index in [0.29, 0.717) is 22.7 Å². The first-order valence-corrected chi connectivity index (χ1v) is 11.2. The van der Waals surface area contributed by atoms with Crippen LogP contribution in [0.5, 0.6) is 5.75 Å². The van der Waals surface area contributed by atoms with Crippen LogP contribution >= 0.6 is 11.8 Å². The summed E-state index contributed by atoms with van der Waals surface area (Å²) in [6.45, 7) is 3.59.